The first-order valence-corrected chi connectivity index (χ1v) is 12.2. The number of para-hydroxylation sites is 2. The zero-order chi connectivity index (χ0) is 23.1. The number of anilines is 1. The molecule has 34 heavy (non-hydrogen) atoms. The lowest BCUT2D eigenvalue weighted by Crippen LogP contribution is -2.53. The number of rotatable bonds is 6. The van der Waals surface area contributed by atoms with Crippen LogP contribution < -0.4 is 10.6 Å². The van der Waals surface area contributed by atoms with Crippen molar-refractivity contribution in [2.75, 3.05) is 5.32 Å². The van der Waals surface area contributed by atoms with Crippen molar-refractivity contribution >= 4 is 17.5 Å². The first-order valence-electron chi connectivity index (χ1n) is 12.2. The van der Waals surface area contributed by atoms with Crippen molar-refractivity contribution in [2.45, 2.75) is 45.1 Å². The second kappa shape index (κ2) is 8.38. The van der Waals surface area contributed by atoms with Gasteiger partial charge in [-0.25, -0.2) is 4.68 Å². The molecule has 7 heteroatoms. The molecule has 4 aliphatic carbocycles. The van der Waals surface area contributed by atoms with Crippen LogP contribution in [0.4, 0.5) is 5.69 Å². The molecule has 4 bridgehead atoms. The van der Waals surface area contributed by atoms with Crippen LogP contribution in [0.3, 0.4) is 0 Å². The fraction of sp³-hybridized carbons (Fsp3) is 0.407. The van der Waals surface area contributed by atoms with Crippen molar-refractivity contribution < 1.29 is 9.59 Å². The summed E-state index contributed by atoms with van der Waals surface area (Å²) in [5.41, 5.74) is 2.83. The van der Waals surface area contributed by atoms with E-state index in [0.717, 1.165) is 48.3 Å². The molecule has 3 aromatic rings. The van der Waals surface area contributed by atoms with Gasteiger partial charge in [0.1, 0.15) is 0 Å². The Balaban J connectivity index is 1.09. The van der Waals surface area contributed by atoms with Gasteiger partial charge >= 0.3 is 0 Å². The predicted octanol–water partition coefficient (Wildman–Crippen LogP) is 4.35. The molecule has 0 saturated heterocycles. The van der Waals surface area contributed by atoms with Crippen LogP contribution in [0.5, 0.6) is 0 Å². The van der Waals surface area contributed by atoms with E-state index in [-0.39, 0.29) is 17.2 Å². The van der Waals surface area contributed by atoms with Crippen LogP contribution in [0, 0.1) is 23.2 Å². The van der Waals surface area contributed by atoms with Crippen LogP contribution in [0.1, 0.15) is 54.4 Å². The molecule has 2 aromatic carbocycles. The third kappa shape index (κ3) is 3.89. The highest BCUT2D eigenvalue weighted by atomic mass is 16.2. The molecule has 0 unspecified atom stereocenters. The second-order valence-electron chi connectivity index (χ2n) is 10.4. The van der Waals surface area contributed by atoms with Gasteiger partial charge in [-0.1, -0.05) is 29.5 Å². The van der Waals surface area contributed by atoms with Crippen molar-refractivity contribution in [1.82, 2.24) is 20.3 Å². The minimum absolute atomic E-state index is 0.133. The minimum Gasteiger partial charge on any atom is -0.352 e. The van der Waals surface area contributed by atoms with Crippen molar-refractivity contribution in [3.05, 3.63) is 72.1 Å². The predicted molar refractivity (Wildman–Crippen MR) is 128 cm³/mol. The molecule has 4 saturated carbocycles. The standard InChI is InChI=1S/C27H29N5O2/c33-25(30-23-3-1-2-4-24(23)32-10-9-29-31-32)22-7-5-18(6-8-22)17-28-26(34)27-14-19-11-20(15-27)13-21(12-19)16-27/h1-10,19-21H,11-17H2,(H,28,34)(H,30,33). The van der Waals surface area contributed by atoms with E-state index >= 15 is 0 Å². The number of carbonyl (C=O) groups is 2. The average Bonchev–Trinajstić information content (AvgIpc) is 3.37. The number of amides is 2. The molecule has 0 radical (unpaired) electrons. The Morgan fingerprint density at radius 1 is 0.941 bits per heavy atom. The van der Waals surface area contributed by atoms with Gasteiger partial charge < -0.3 is 10.6 Å². The molecule has 174 valence electrons. The number of nitrogens with zero attached hydrogens (tertiary/aromatic N) is 3. The van der Waals surface area contributed by atoms with E-state index in [0.29, 0.717) is 17.8 Å². The highest BCUT2D eigenvalue weighted by Gasteiger charge is 2.54. The summed E-state index contributed by atoms with van der Waals surface area (Å²) < 4.78 is 1.62. The van der Waals surface area contributed by atoms with Crippen LogP contribution >= 0.6 is 0 Å². The van der Waals surface area contributed by atoms with Gasteiger partial charge in [-0.05, 0) is 86.1 Å². The molecule has 2 amide bonds. The summed E-state index contributed by atoms with van der Waals surface area (Å²) in [4.78, 5) is 26.0. The van der Waals surface area contributed by atoms with E-state index in [1.165, 1.54) is 19.3 Å². The molecule has 1 aromatic heterocycles. The van der Waals surface area contributed by atoms with E-state index in [4.69, 9.17) is 0 Å². The van der Waals surface area contributed by atoms with Gasteiger partial charge in [0, 0.05) is 17.5 Å². The fourth-order valence-corrected chi connectivity index (χ4v) is 6.84. The number of aromatic nitrogens is 3. The third-order valence-corrected chi connectivity index (χ3v) is 8.01. The van der Waals surface area contributed by atoms with E-state index in [9.17, 15) is 9.59 Å². The maximum atomic E-state index is 13.2. The van der Waals surface area contributed by atoms with E-state index < -0.39 is 0 Å². The largest absolute Gasteiger partial charge is 0.352 e. The lowest BCUT2D eigenvalue weighted by Gasteiger charge is -2.55. The van der Waals surface area contributed by atoms with Crippen molar-refractivity contribution in [1.29, 1.82) is 0 Å². The Kier molecular flexibility index (Phi) is 5.20. The second-order valence-corrected chi connectivity index (χ2v) is 10.4. The van der Waals surface area contributed by atoms with Crippen LogP contribution in [0.15, 0.2) is 60.9 Å². The highest BCUT2D eigenvalue weighted by Crippen LogP contribution is 2.60. The van der Waals surface area contributed by atoms with Gasteiger partial charge in [0.25, 0.3) is 5.91 Å². The molecule has 7 rings (SSSR count). The first-order chi connectivity index (χ1) is 16.6. The Hall–Kier alpha value is -3.48. The number of benzene rings is 2. The molecule has 0 spiro atoms. The molecule has 4 aliphatic rings. The Morgan fingerprint density at radius 2 is 1.62 bits per heavy atom. The van der Waals surface area contributed by atoms with Crippen LogP contribution in [-0.2, 0) is 11.3 Å². The number of hydrogen-bond donors (Lipinski definition) is 2. The van der Waals surface area contributed by atoms with Crippen molar-refractivity contribution in [3.8, 4) is 5.69 Å². The summed E-state index contributed by atoms with van der Waals surface area (Å²) in [6.07, 6.45) is 10.5. The first kappa shape index (κ1) is 21.1. The van der Waals surface area contributed by atoms with Crippen molar-refractivity contribution in [3.63, 3.8) is 0 Å². The zero-order valence-electron chi connectivity index (χ0n) is 19.1. The maximum Gasteiger partial charge on any atom is 0.255 e. The topological polar surface area (TPSA) is 88.9 Å². The van der Waals surface area contributed by atoms with Crippen LogP contribution in [-0.4, -0.2) is 26.8 Å². The minimum atomic E-state index is -0.197. The average molecular weight is 456 g/mol. The third-order valence-electron chi connectivity index (χ3n) is 8.01. The van der Waals surface area contributed by atoms with Gasteiger partial charge in [0.05, 0.1) is 23.8 Å². The number of carbonyl (C=O) groups excluding carboxylic acids is 2. The summed E-state index contributed by atoms with van der Waals surface area (Å²) in [5.74, 6) is 2.30. The Labute approximate surface area is 198 Å². The molecule has 0 aliphatic heterocycles. The molecule has 0 atom stereocenters. The van der Waals surface area contributed by atoms with Gasteiger partial charge in [-0.2, -0.15) is 0 Å². The number of nitrogens with one attached hydrogen (secondary N) is 2. The number of hydrogen-bond acceptors (Lipinski definition) is 4. The Morgan fingerprint density at radius 3 is 2.26 bits per heavy atom. The lowest BCUT2D eigenvalue weighted by molar-refractivity contribution is -0.146. The maximum absolute atomic E-state index is 13.2. The van der Waals surface area contributed by atoms with Crippen molar-refractivity contribution in [2.24, 2.45) is 23.2 Å². The monoisotopic (exact) mass is 455 g/mol. The molecular weight excluding hydrogens is 426 g/mol. The molecule has 7 nitrogen and oxygen atoms in total. The zero-order valence-corrected chi connectivity index (χ0v) is 19.1. The lowest BCUT2D eigenvalue weighted by atomic mass is 9.49. The quantitative estimate of drug-likeness (QED) is 0.578. The fourth-order valence-electron chi connectivity index (χ4n) is 6.84. The highest BCUT2D eigenvalue weighted by molar-refractivity contribution is 6.05. The van der Waals surface area contributed by atoms with Gasteiger partial charge in [0.15, 0.2) is 0 Å². The molecule has 1 heterocycles. The molecule has 4 fully saturated rings. The summed E-state index contributed by atoms with van der Waals surface area (Å²) in [5, 5.41) is 14.0. The summed E-state index contributed by atoms with van der Waals surface area (Å²) in [6.45, 7) is 0.498. The van der Waals surface area contributed by atoms with Crippen LogP contribution in [0.2, 0.25) is 0 Å². The van der Waals surface area contributed by atoms with E-state index in [1.807, 2.05) is 36.4 Å². The van der Waals surface area contributed by atoms with Gasteiger partial charge in [-0.3, -0.25) is 9.59 Å². The normalized spacial score (nSPS) is 26.9. The summed E-state index contributed by atoms with van der Waals surface area (Å²) >= 11 is 0. The SMILES string of the molecule is O=C(Nc1ccccc1-n1ccnn1)c1ccc(CNC(=O)C23CC4CC(CC(C4)C2)C3)cc1. The van der Waals surface area contributed by atoms with Gasteiger partial charge in [0.2, 0.25) is 5.91 Å². The molecular formula is C27H29N5O2. The summed E-state index contributed by atoms with van der Waals surface area (Å²) in [7, 11) is 0. The van der Waals surface area contributed by atoms with Crippen LogP contribution in [0.25, 0.3) is 5.69 Å². The summed E-state index contributed by atoms with van der Waals surface area (Å²) in [6, 6.07) is 14.9. The van der Waals surface area contributed by atoms with E-state index in [2.05, 4.69) is 20.9 Å². The smallest absolute Gasteiger partial charge is 0.255 e. The van der Waals surface area contributed by atoms with E-state index in [1.54, 1.807) is 29.2 Å². The van der Waals surface area contributed by atoms with Gasteiger partial charge in [-0.15, -0.1) is 5.10 Å². The molecule has 2 N–H and O–H groups in total. The Bertz CT molecular complexity index is 1170.